The Hall–Kier alpha value is -1.20. The van der Waals surface area contributed by atoms with Gasteiger partial charge in [0.05, 0.1) is 10.6 Å². The summed E-state index contributed by atoms with van der Waals surface area (Å²) in [5, 5.41) is 0. The Kier molecular flexibility index (Phi) is 3.82. The van der Waals surface area contributed by atoms with Crippen molar-refractivity contribution < 1.29 is 12.8 Å². The van der Waals surface area contributed by atoms with Crippen molar-refractivity contribution in [2.45, 2.75) is 10.6 Å². The van der Waals surface area contributed by atoms with E-state index in [0.29, 0.717) is 5.56 Å². The topological polar surface area (TPSA) is 34.1 Å². The average molecular weight is 329 g/mol. The van der Waals surface area contributed by atoms with Gasteiger partial charge in [-0.2, -0.15) is 0 Å². The zero-order chi connectivity index (χ0) is 13.2. The second kappa shape index (κ2) is 5.20. The van der Waals surface area contributed by atoms with Crippen molar-refractivity contribution in [2.24, 2.45) is 0 Å². The summed E-state index contributed by atoms with van der Waals surface area (Å²) in [6.45, 7) is 0. The minimum atomic E-state index is -3.53. The maximum absolute atomic E-state index is 13.0. The van der Waals surface area contributed by atoms with Crippen LogP contribution in [0.25, 0.3) is 0 Å². The molecular formula is C13H10BrFO2S. The highest BCUT2D eigenvalue weighted by Crippen LogP contribution is 2.22. The highest BCUT2D eigenvalue weighted by molar-refractivity contribution is 9.10. The van der Waals surface area contributed by atoms with E-state index in [-0.39, 0.29) is 10.6 Å². The Morgan fingerprint density at radius 3 is 2.44 bits per heavy atom. The number of sulfone groups is 1. The van der Waals surface area contributed by atoms with Gasteiger partial charge >= 0.3 is 0 Å². The van der Waals surface area contributed by atoms with Crippen molar-refractivity contribution >= 4 is 25.8 Å². The van der Waals surface area contributed by atoms with Crippen LogP contribution in [-0.2, 0) is 15.6 Å². The molecule has 0 unspecified atom stereocenters. The molecule has 0 amide bonds. The first-order valence-electron chi connectivity index (χ1n) is 5.21. The van der Waals surface area contributed by atoms with Gasteiger partial charge < -0.3 is 0 Å². The van der Waals surface area contributed by atoms with Crippen LogP contribution in [0.1, 0.15) is 5.56 Å². The minimum absolute atomic E-state index is 0.00162. The lowest BCUT2D eigenvalue weighted by Gasteiger charge is -2.06. The molecule has 0 N–H and O–H groups in total. The Morgan fingerprint density at radius 2 is 1.78 bits per heavy atom. The van der Waals surface area contributed by atoms with E-state index >= 15 is 0 Å². The van der Waals surface area contributed by atoms with Crippen LogP contribution in [0.5, 0.6) is 0 Å². The Bertz CT molecular complexity index is 668. The van der Waals surface area contributed by atoms with Crippen molar-refractivity contribution in [3.05, 3.63) is 64.4 Å². The molecule has 2 rings (SSSR count). The van der Waals surface area contributed by atoms with Crippen LogP contribution >= 0.6 is 15.9 Å². The molecule has 0 aliphatic heterocycles. The van der Waals surface area contributed by atoms with Crippen LogP contribution in [0.15, 0.2) is 57.9 Å². The number of benzene rings is 2. The fourth-order valence-electron chi connectivity index (χ4n) is 1.56. The monoisotopic (exact) mass is 328 g/mol. The fraction of sp³-hybridized carbons (Fsp3) is 0.0769. The molecule has 0 fully saturated rings. The summed E-state index contributed by atoms with van der Waals surface area (Å²) in [5.74, 6) is -0.707. The number of hydrogen-bond donors (Lipinski definition) is 0. The molecule has 5 heteroatoms. The summed E-state index contributed by atoms with van der Waals surface area (Å²) in [6, 6.07) is 12.1. The van der Waals surface area contributed by atoms with Gasteiger partial charge in [0.15, 0.2) is 9.84 Å². The van der Waals surface area contributed by atoms with Crippen LogP contribution in [0.4, 0.5) is 4.39 Å². The highest BCUT2D eigenvalue weighted by atomic mass is 79.9. The first-order valence-corrected chi connectivity index (χ1v) is 7.65. The van der Waals surface area contributed by atoms with Crippen molar-refractivity contribution in [3.8, 4) is 0 Å². The number of hydrogen-bond acceptors (Lipinski definition) is 2. The quantitative estimate of drug-likeness (QED) is 0.863. The molecule has 2 aromatic carbocycles. The van der Waals surface area contributed by atoms with Crippen molar-refractivity contribution in [1.29, 1.82) is 0 Å². The van der Waals surface area contributed by atoms with E-state index in [1.54, 1.807) is 18.2 Å². The van der Waals surface area contributed by atoms with E-state index in [1.165, 1.54) is 18.2 Å². The predicted octanol–water partition coefficient (Wildman–Crippen LogP) is 3.56. The van der Waals surface area contributed by atoms with Crippen molar-refractivity contribution in [3.63, 3.8) is 0 Å². The van der Waals surface area contributed by atoms with Gasteiger partial charge in [-0.25, -0.2) is 12.8 Å². The molecule has 0 bridgehead atoms. The number of halogens is 2. The van der Waals surface area contributed by atoms with Crippen LogP contribution in [0.3, 0.4) is 0 Å². The third kappa shape index (κ3) is 2.97. The Balaban J connectivity index is 2.37. The lowest BCUT2D eigenvalue weighted by Crippen LogP contribution is -2.05. The standard InChI is InChI=1S/C13H10BrFO2S/c14-13-7-2-1-4-10(13)9-18(16,17)12-6-3-5-11(15)8-12/h1-8H,9H2. The summed E-state index contributed by atoms with van der Waals surface area (Å²) in [7, 11) is -3.53. The Morgan fingerprint density at radius 1 is 1.06 bits per heavy atom. The second-order valence-corrected chi connectivity index (χ2v) is 6.65. The smallest absolute Gasteiger partial charge is 0.182 e. The molecule has 0 saturated heterocycles. The van der Waals surface area contributed by atoms with E-state index in [2.05, 4.69) is 15.9 Å². The summed E-state index contributed by atoms with van der Waals surface area (Å²) in [5.41, 5.74) is 0.654. The molecule has 0 aliphatic carbocycles. The van der Waals surface area contributed by atoms with Crippen LogP contribution < -0.4 is 0 Å². The van der Waals surface area contributed by atoms with E-state index in [9.17, 15) is 12.8 Å². The SMILES string of the molecule is O=S(=O)(Cc1ccccc1Br)c1cccc(F)c1. The van der Waals surface area contributed by atoms with Gasteiger partial charge in [-0.15, -0.1) is 0 Å². The predicted molar refractivity (Wildman–Crippen MR) is 71.4 cm³/mol. The summed E-state index contributed by atoms with van der Waals surface area (Å²) >= 11 is 3.30. The van der Waals surface area contributed by atoms with Gasteiger partial charge in [0.25, 0.3) is 0 Å². The molecule has 0 spiro atoms. The summed E-state index contributed by atoms with van der Waals surface area (Å²) < 4.78 is 38.0. The molecule has 0 atom stereocenters. The van der Waals surface area contributed by atoms with Gasteiger partial charge in [0.2, 0.25) is 0 Å². The van der Waals surface area contributed by atoms with Gasteiger partial charge in [0, 0.05) is 4.47 Å². The van der Waals surface area contributed by atoms with Crippen molar-refractivity contribution in [2.75, 3.05) is 0 Å². The summed E-state index contributed by atoms with van der Waals surface area (Å²) in [4.78, 5) is -0.00162. The third-order valence-electron chi connectivity index (χ3n) is 2.46. The molecule has 94 valence electrons. The van der Waals surface area contributed by atoms with Crippen LogP contribution in [0, 0.1) is 5.82 Å². The highest BCUT2D eigenvalue weighted by Gasteiger charge is 2.17. The molecular weight excluding hydrogens is 319 g/mol. The molecule has 2 nitrogen and oxygen atoms in total. The maximum Gasteiger partial charge on any atom is 0.182 e. The van der Waals surface area contributed by atoms with Gasteiger partial charge in [-0.3, -0.25) is 0 Å². The van der Waals surface area contributed by atoms with E-state index in [0.717, 1.165) is 10.5 Å². The fourth-order valence-corrected chi connectivity index (χ4v) is 3.58. The first kappa shape index (κ1) is 13.2. The molecule has 18 heavy (non-hydrogen) atoms. The van der Waals surface area contributed by atoms with Gasteiger partial charge in [-0.1, -0.05) is 40.2 Å². The molecule has 0 saturated carbocycles. The van der Waals surface area contributed by atoms with Crippen LogP contribution in [0.2, 0.25) is 0 Å². The van der Waals surface area contributed by atoms with E-state index in [4.69, 9.17) is 0 Å². The average Bonchev–Trinajstić information content (AvgIpc) is 2.32. The zero-order valence-electron chi connectivity index (χ0n) is 9.31. The minimum Gasteiger partial charge on any atom is -0.223 e. The molecule has 0 radical (unpaired) electrons. The largest absolute Gasteiger partial charge is 0.223 e. The second-order valence-electron chi connectivity index (χ2n) is 3.81. The zero-order valence-corrected chi connectivity index (χ0v) is 11.7. The lowest BCUT2D eigenvalue weighted by molar-refractivity contribution is 0.590. The molecule has 0 aromatic heterocycles. The van der Waals surface area contributed by atoms with Gasteiger partial charge in [0.1, 0.15) is 5.82 Å². The summed E-state index contributed by atoms with van der Waals surface area (Å²) in [6.07, 6.45) is 0. The van der Waals surface area contributed by atoms with E-state index in [1.807, 2.05) is 6.07 Å². The van der Waals surface area contributed by atoms with Gasteiger partial charge in [-0.05, 0) is 29.8 Å². The molecule has 0 heterocycles. The molecule has 2 aromatic rings. The molecule has 0 aliphatic rings. The van der Waals surface area contributed by atoms with E-state index < -0.39 is 15.7 Å². The number of rotatable bonds is 3. The van der Waals surface area contributed by atoms with Crippen LogP contribution in [-0.4, -0.2) is 8.42 Å². The first-order chi connectivity index (χ1) is 8.49. The maximum atomic E-state index is 13.0. The third-order valence-corrected chi connectivity index (χ3v) is 4.90. The normalized spacial score (nSPS) is 11.4. The van der Waals surface area contributed by atoms with Crippen molar-refractivity contribution in [1.82, 2.24) is 0 Å². The Labute approximate surface area is 114 Å². The lowest BCUT2D eigenvalue weighted by atomic mass is 10.2.